The molecule has 5 nitrogen and oxygen atoms in total. The fourth-order valence-electron chi connectivity index (χ4n) is 2.68. The van der Waals surface area contributed by atoms with E-state index >= 15 is 0 Å². The van der Waals surface area contributed by atoms with Crippen LogP contribution in [0.15, 0.2) is 48.5 Å². The van der Waals surface area contributed by atoms with E-state index in [1.165, 1.54) is 12.5 Å². The highest BCUT2D eigenvalue weighted by Crippen LogP contribution is 2.24. The summed E-state index contributed by atoms with van der Waals surface area (Å²) in [4.78, 5) is 15.0. The third kappa shape index (κ3) is 5.92. The molecule has 2 aromatic carbocycles. The molecule has 0 aliphatic carbocycles. The minimum Gasteiger partial charge on any atom is -0.368 e. The fraction of sp³-hybridized carbons (Fsp3) is 0.400. The molecule has 142 valence electrons. The Morgan fingerprint density at radius 3 is 1.96 bits per heavy atom. The van der Waals surface area contributed by atoms with Gasteiger partial charge < -0.3 is 9.80 Å². The zero-order valence-electron chi connectivity index (χ0n) is 14.7. The standard InChI is InChI=1S/C16H16ClN3O2.C3H8.CH4/c17-13-4-6-14(7-5-13)18-8-10-19(11-9-18)15-2-1-3-16(12-15)20(21)22;1-3-2;/h1-7,12H,8-11H2;3H2,1-2H3;1H4. The van der Waals surface area contributed by atoms with E-state index in [0.29, 0.717) is 0 Å². The van der Waals surface area contributed by atoms with E-state index in [9.17, 15) is 10.1 Å². The molecule has 1 aliphatic heterocycles. The number of nitrogens with zero attached hydrogens (tertiary/aromatic N) is 3. The molecule has 0 bridgehead atoms. The Morgan fingerprint density at radius 2 is 1.46 bits per heavy atom. The zero-order valence-corrected chi connectivity index (χ0v) is 15.4. The molecule has 0 unspecified atom stereocenters. The van der Waals surface area contributed by atoms with E-state index in [4.69, 9.17) is 11.6 Å². The molecule has 2 aromatic rings. The SMILES string of the molecule is C.CCC.O=[N+]([O-])c1cccc(N2CCN(c3ccc(Cl)cc3)CC2)c1. The van der Waals surface area contributed by atoms with E-state index in [-0.39, 0.29) is 18.0 Å². The van der Waals surface area contributed by atoms with E-state index in [2.05, 4.69) is 23.6 Å². The number of nitro benzene ring substituents is 1. The van der Waals surface area contributed by atoms with Crippen molar-refractivity contribution in [3.05, 3.63) is 63.7 Å². The Labute approximate surface area is 161 Å². The van der Waals surface area contributed by atoms with E-state index in [0.717, 1.165) is 42.6 Å². The van der Waals surface area contributed by atoms with Crippen LogP contribution >= 0.6 is 11.6 Å². The molecule has 26 heavy (non-hydrogen) atoms. The first kappa shape index (κ1) is 21.8. The van der Waals surface area contributed by atoms with Gasteiger partial charge >= 0.3 is 0 Å². The molecule has 0 atom stereocenters. The molecule has 3 rings (SSSR count). The number of hydrogen-bond acceptors (Lipinski definition) is 4. The highest BCUT2D eigenvalue weighted by atomic mass is 35.5. The third-order valence-electron chi connectivity index (χ3n) is 3.88. The van der Waals surface area contributed by atoms with Crippen LogP contribution in [0.5, 0.6) is 0 Å². The first-order chi connectivity index (χ1) is 12.0. The summed E-state index contributed by atoms with van der Waals surface area (Å²) in [6, 6.07) is 14.6. The minimum atomic E-state index is -0.354. The van der Waals surface area contributed by atoms with Crippen LogP contribution in [0.25, 0.3) is 0 Å². The largest absolute Gasteiger partial charge is 0.368 e. The highest BCUT2D eigenvalue weighted by Gasteiger charge is 2.19. The third-order valence-corrected chi connectivity index (χ3v) is 4.13. The highest BCUT2D eigenvalue weighted by molar-refractivity contribution is 6.30. The molecule has 0 saturated carbocycles. The summed E-state index contributed by atoms with van der Waals surface area (Å²) >= 11 is 5.91. The average Bonchev–Trinajstić information content (AvgIpc) is 2.63. The molecule has 0 radical (unpaired) electrons. The summed E-state index contributed by atoms with van der Waals surface area (Å²) in [5.74, 6) is 0. The van der Waals surface area contributed by atoms with Crippen LogP contribution in [-0.2, 0) is 0 Å². The van der Waals surface area contributed by atoms with Gasteiger partial charge in [0.2, 0.25) is 0 Å². The molecule has 1 heterocycles. The molecule has 6 heteroatoms. The molecular formula is C20H28ClN3O2. The summed E-state index contributed by atoms with van der Waals surface area (Å²) in [5.41, 5.74) is 2.20. The van der Waals surface area contributed by atoms with Crippen LogP contribution in [0.2, 0.25) is 5.02 Å². The van der Waals surface area contributed by atoms with Gasteiger partial charge in [0.25, 0.3) is 5.69 Å². The summed E-state index contributed by atoms with van der Waals surface area (Å²) in [5, 5.41) is 11.6. The van der Waals surface area contributed by atoms with Gasteiger partial charge in [0, 0.05) is 54.7 Å². The monoisotopic (exact) mass is 377 g/mol. The Morgan fingerprint density at radius 1 is 0.962 bits per heavy atom. The Bertz CT molecular complexity index is 684. The fourth-order valence-corrected chi connectivity index (χ4v) is 2.80. The van der Waals surface area contributed by atoms with Gasteiger partial charge in [-0.25, -0.2) is 0 Å². The average molecular weight is 378 g/mol. The van der Waals surface area contributed by atoms with Crippen molar-refractivity contribution in [3.8, 4) is 0 Å². The van der Waals surface area contributed by atoms with Gasteiger partial charge in [0.05, 0.1) is 4.92 Å². The summed E-state index contributed by atoms with van der Waals surface area (Å²) in [6.07, 6.45) is 1.25. The van der Waals surface area contributed by atoms with Crippen molar-refractivity contribution >= 4 is 28.7 Å². The lowest BCUT2D eigenvalue weighted by Crippen LogP contribution is -2.46. The lowest BCUT2D eigenvalue weighted by Gasteiger charge is -2.37. The Kier molecular flexibility index (Phi) is 8.93. The van der Waals surface area contributed by atoms with Crippen molar-refractivity contribution < 1.29 is 4.92 Å². The van der Waals surface area contributed by atoms with Gasteiger partial charge in [-0.3, -0.25) is 10.1 Å². The smallest absolute Gasteiger partial charge is 0.271 e. The first-order valence-electron chi connectivity index (χ1n) is 8.55. The second kappa shape index (κ2) is 10.7. The molecule has 0 spiro atoms. The van der Waals surface area contributed by atoms with Crippen molar-refractivity contribution in [1.82, 2.24) is 0 Å². The Hall–Kier alpha value is -2.27. The van der Waals surface area contributed by atoms with Crippen LogP contribution in [0.1, 0.15) is 27.7 Å². The number of piperazine rings is 1. The first-order valence-corrected chi connectivity index (χ1v) is 8.92. The van der Waals surface area contributed by atoms with Crippen molar-refractivity contribution in [2.45, 2.75) is 27.7 Å². The molecule has 0 amide bonds. The van der Waals surface area contributed by atoms with Crippen molar-refractivity contribution in [3.63, 3.8) is 0 Å². The number of hydrogen-bond donors (Lipinski definition) is 0. The van der Waals surface area contributed by atoms with Crippen LogP contribution < -0.4 is 9.80 Å². The Balaban J connectivity index is 0.000000791. The molecule has 0 aromatic heterocycles. The number of anilines is 2. The summed E-state index contributed by atoms with van der Waals surface area (Å²) in [6.45, 7) is 7.68. The van der Waals surface area contributed by atoms with Gasteiger partial charge in [-0.05, 0) is 30.3 Å². The lowest BCUT2D eigenvalue weighted by molar-refractivity contribution is -0.384. The number of nitro groups is 1. The van der Waals surface area contributed by atoms with Crippen molar-refractivity contribution in [2.24, 2.45) is 0 Å². The number of non-ortho nitro benzene ring substituents is 1. The van der Waals surface area contributed by atoms with Crippen molar-refractivity contribution in [2.75, 3.05) is 36.0 Å². The topological polar surface area (TPSA) is 49.6 Å². The second-order valence-corrected chi connectivity index (χ2v) is 6.37. The lowest BCUT2D eigenvalue weighted by atomic mass is 10.2. The predicted molar refractivity (Wildman–Crippen MR) is 112 cm³/mol. The van der Waals surface area contributed by atoms with Crippen LogP contribution in [0.3, 0.4) is 0 Å². The van der Waals surface area contributed by atoms with Gasteiger partial charge in [-0.15, -0.1) is 0 Å². The summed E-state index contributed by atoms with van der Waals surface area (Å²) in [7, 11) is 0. The number of rotatable bonds is 3. The molecule has 1 fully saturated rings. The maximum atomic E-state index is 10.9. The maximum absolute atomic E-state index is 10.9. The van der Waals surface area contributed by atoms with Crippen LogP contribution in [-0.4, -0.2) is 31.1 Å². The number of benzene rings is 2. The summed E-state index contributed by atoms with van der Waals surface area (Å²) < 4.78 is 0. The molecule has 0 N–H and O–H groups in total. The number of halogens is 1. The maximum Gasteiger partial charge on any atom is 0.271 e. The van der Waals surface area contributed by atoms with Crippen LogP contribution in [0, 0.1) is 10.1 Å². The molecule has 1 aliphatic rings. The van der Waals surface area contributed by atoms with E-state index in [1.54, 1.807) is 12.1 Å². The normalized spacial score (nSPS) is 13.3. The van der Waals surface area contributed by atoms with Gasteiger partial charge in [-0.2, -0.15) is 0 Å². The van der Waals surface area contributed by atoms with E-state index < -0.39 is 0 Å². The van der Waals surface area contributed by atoms with E-state index in [1.807, 2.05) is 30.3 Å². The molecule has 1 saturated heterocycles. The van der Waals surface area contributed by atoms with Crippen molar-refractivity contribution in [1.29, 1.82) is 0 Å². The van der Waals surface area contributed by atoms with Gasteiger partial charge in [0.15, 0.2) is 0 Å². The van der Waals surface area contributed by atoms with Gasteiger partial charge in [-0.1, -0.05) is 45.4 Å². The van der Waals surface area contributed by atoms with Gasteiger partial charge in [0.1, 0.15) is 0 Å². The predicted octanol–water partition coefficient (Wildman–Crippen LogP) is 5.63. The van der Waals surface area contributed by atoms with Crippen LogP contribution in [0.4, 0.5) is 17.1 Å². The minimum absolute atomic E-state index is 0. The quantitative estimate of drug-likeness (QED) is 0.514. The molecular weight excluding hydrogens is 350 g/mol. The second-order valence-electron chi connectivity index (χ2n) is 5.93. The zero-order chi connectivity index (χ0) is 18.2.